The quantitative estimate of drug-likeness (QED) is 0.0889. The molecule has 2 amide bonds. The van der Waals surface area contributed by atoms with Crippen LogP contribution in [-0.2, 0) is 14.3 Å². The molecule has 0 N–H and O–H groups in total. The number of hydrogen-bond acceptors (Lipinski definition) is 7. The average Bonchev–Trinajstić information content (AvgIpc) is 3.62. The highest BCUT2D eigenvalue weighted by atomic mass is 79.9. The Morgan fingerprint density at radius 1 is 0.791 bits per heavy atom. The Labute approximate surface area is 272 Å². The summed E-state index contributed by atoms with van der Waals surface area (Å²) in [5.41, 5.74) is 0.584. The number of Topliss-reactive ketones (excluding diaryl/α,β-unsaturated/α-hetero) is 1. The standard InChI is InChI=1S/C31H21Br2Cl2NO7/c32-26-18-12-19(27(26)33)25-24(18)28(38)36(29(25)39)22-4-2-1-3-17(22)31(41)42-13-23(37)14-5-8-16(9-6-14)43-30(40)15-7-10-20(34)21(35)11-15/h1-11,18-19,24-27H,12-13H2. The lowest BCUT2D eigenvalue weighted by atomic mass is 9.81. The molecule has 6 rings (SSSR count). The number of hydrogen-bond donors (Lipinski definition) is 0. The summed E-state index contributed by atoms with van der Waals surface area (Å²) in [7, 11) is 0. The number of amides is 2. The number of carbonyl (C=O) groups is 5. The van der Waals surface area contributed by atoms with Crippen LogP contribution in [0.15, 0.2) is 66.7 Å². The fourth-order valence-corrected chi connectivity index (χ4v) is 8.39. The average molecular weight is 750 g/mol. The lowest BCUT2D eigenvalue weighted by Gasteiger charge is -2.28. The molecule has 0 aromatic heterocycles. The zero-order valence-electron chi connectivity index (χ0n) is 22.0. The molecule has 3 aromatic rings. The van der Waals surface area contributed by atoms with Crippen molar-refractivity contribution in [3.8, 4) is 5.75 Å². The highest BCUT2D eigenvalue weighted by molar-refractivity contribution is 9.12. The number of nitrogens with zero attached hydrogens (tertiary/aromatic N) is 1. The predicted octanol–water partition coefficient (Wildman–Crippen LogP) is 6.53. The van der Waals surface area contributed by atoms with Crippen molar-refractivity contribution in [2.24, 2.45) is 23.7 Å². The van der Waals surface area contributed by atoms with E-state index in [9.17, 15) is 24.0 Å². The van der Waals surface area contributed by atoms with Crippen LogP contribution in [0.2, 0.25) is 10.0 Å². The van der Waals surface area contributed by atoms with Crippen molar-refractivity contribution in [3.63, 3.8) is 0 Å². The highest BCUT2D eigenvalue weighted by Crippen LogP contribution is 2.60. The summed E-state index contributed by atoms with van der Waals surface area (Å²) in [6.07, 6.45) is 0.791. The third-order valence-electron chi connectivity index (χ3n) is 8.23. The third-order valence-corrected chi connectivity index (χ3v) is 12.2. The van der Waals surface area contributed by atoms with E-state index in [-0.39, 0.29) is 66.5 Å². The largest absolute Gasteiger partial charge is 0.454 e. The molecule has 2 saturated carbocycles. The molecule has 8 nitrogen and oxygen atoms in total. The summed E-state index contributed by atoms with van der Waals surface area (Å²) in [5, 5.41) is 0.515. The van der Waals surface area contributed by atoms with Crippen molar-refractivity contribution < 1.29 is 33.4 Å². The van der Waals surface area contributed by atoms with E-state index < -0.39 is 36.2 Å². The lowest BCUT2D eigenvalue weighted by Crippen LogP contribution is -2.37. The van der Waals surface area contributed by atoms with Gasteiger partial charge in [-0.25, -0.2) is 14.5 Å². The molecular weight excluding hydrogens is 729 g/mol. The molecule has 2 aliphatic carbocycles. The molecular formula is C31H21Br2Cl2NO7. The van der Waals surface area contributed by atoms with Gasteiger partial charge in [0.15, 0.2) is 12.4 Å². The van der Waals surface area contributed by atoms with Crippen molar-refractivity contribution in [2.75, 3.05) is 11.5 Å². The molecule has 12 heteroatoms. The van der Waals surface area contributed by atoms with Crippen LogP contribution >= 0.6 is 55.1 Å². The van der Waals surface area contributed by atoms with E-state index in [1.54, 1.807) is 12.1 Å². The summed E-state index contributed by atoms with van der Waals surface area (Å²) < 4.78 is 10.6. The molecule has 0 radical (unpaired) electrons. The van der Waals surface area contributed by atoms with Crippen LogP contribution in [0.5, 0.6) is 5.75 Å². The van der Waals surface area contributed by atoms with Gasteiger partial charge < -0.3 is 9.47 Å². The molecule has 1 aliphatic heterocycles. The number of para-hydroxylation sites is 1. The van der Waals surface area contributed by atoms with Gasteiger partial charge in [-0.05, 0) is 72.9 Å². The van der Waals surface area contributed by atoms with E-state index in [1.165, 1.54) is 54.6 Å². The van der Waals surface area contributed by atoms with Crippen LogP contribution < -0.4 is 9.64 Å². The van der Waals surface area contributed by atoms with E-state index in [1.807, 2.05) is 0 Å². The minimum atomic E-state index is -0.839. The lowest BCUT2D eigenvalue weighted by molar-refractivity contribution is -0.123. The summed E-state index contributed by atoms with van der Waals surface area (Å²) >= 11 is 19.2. The number of fused-ring (bicyclic) bond motifs is 5. The first-order valence-electron chi connectivity index (χ1n) is 13.3. The van der Waals surface area contributed by atoms with Gasteiger partial charge in [0.05, 0.1) is 38.7 Å². The van der Waals surface area contributed by atoms with Crippen LogP contribution in [0.25, 0.3) is 0 Å². The summed E-state index contributed by atoms with van der Waals surface area (Å²) in [5.74, 6) is -3.25. The Morgan fingerprint density at radius 2 is 1.40 bits per heavy atom. The zero-order valence-corrected chi connectivity index (χ0v) is 26.7. The molecule has 3 aliphatic rings. The van der Waals surface area contributed by atoms with Gasteiger partial charge >= 0.3 is 11.9 Å². The highest BCUT2D eigenvalue weighted by Gasteiger charge is 2.66. The van der Waals surface area contributed by atoms with Crippen molar-refractivity contribution >= 4 is 90.3 Å². The number of anilines is 1. The second-order valence-corrected chi connectivity index (χ2v) is 13.5. The Hall–Kier alpha value is -3.05. The van der Waals surface area contributed by atoms with Crippen LogP contribution in [0, 0.1) is 23.7 Å². The molecule has 3 aromatic carbocycles. The number of ketones is 1. The van der Waals surface area contributed by atoms with E-state index in [2.05, 4.69) is 31.9 Å². The smallest absolute Gasteiger partial charge is 0.343 e. The van der Waals surface area contributed by atoms with Crippen molar-refractivity contribution in [1.82, 2.24) is 0 Å². The second-order valence-electron chi connectivity index (χ2n) is 10.6. The van der Waals surface area contributed by atoms with E-state index in [0.29, 0.717) is 5.02 Å². The Balaban J connectivity index is 1.11. The predicted molar refractivity (Wildman–Crippen MR) is 165 cm³/mol. The number of rotatable bonds is 7. The third kappa shape index (κ3) is 5.32. The fraction of sp³-hybridized carbons (Fsp3) is 0.258. The maximum absolute atomic E-state index is 13.5. The zero-order chi connectivity index (χ0) is 30.6. The van der Waals surface area contributed by atoms with Crippen LogP contribution in [0.4, 0.5) is 5.69 Å². The molecule has 220 valence electrons. The first-order chi connectivity index (χ1) is 20.6. The number of imide groups is 1. The Morgan fingerprint density at radius 3 is 2.02 bits per heavy atom. The number of esters is 2. The number of carbonyl (C=O) groups excluding carboxylic acids is 5. The van der Waals surface area contributed by atoms with Crippen molar-refractivity contribution in [3.05, 3.63) is 93.5 Å². The topological polar surface area (TPSA) is 107 Å². The van der Waals surface area contributed by atoms with Gasteiger partial charge in [-0.3, -0.25) is 14.4 Å². The molecule has 1 saturated heterocycles. The SMILES string of the molecule is O=C(COC(=O)c1ccccc1N1C(=O)C2C3CC(C(Br)C3Br)C2C1=O)c1ccc(OC(=O)c2ccc(Cl)c(Cl)c2)cc1. The van der Waals surface area contributed by atoms with Crippen LogP contribution in [-0.4, -0.2) is 45.8 Å². The normalized spacial score (nSPS) is 25.5. The minimum Gasteiger partial charge on any atom is -0.454 e. The van der Waals surface area contributed by atoms with Gasteiger partial charge in [-0.2, -0.15) is 0 Å². The molecule has 43 heavy (non-hydrogen) atoms. The van der Waals surface area contributed by atoms with Gasteiger partial charge in [0, 0.05) is 15.2 Å². The summed E-state index contributed by atoms with van der Waals surface area (Å²) in [4.78, 5) is 66.5. The van der Waals surface area contributed by atoms with E-state index in [0.717, 1.165) is 11.3 Å². The summed E-state index contributed by atoms with van der Waals surface area (Å²) in [6.45, 7) is -0.580. The maximum Gasteiger partial charge on any atom is 0.343 e. The summed E-state index contributed by atoms with van der Waals surface area (Å²) in [6, 6.07) is 16.3. The van der Waals surface area contributed by atoms with Crippen LogP contribution in [0.3, 0.4) is 0 Å². The van der Waals surface area contributed by atoms with Crippen LogP contribution in [0.1, 0.15) is 37.5 Å². The van der Waals surface area contributed by atoms with Gasteiger partial charge in [-0.1, -0.05) is 67.2 Å². The van der Waals surface area contributed by atoms with Crippen molar-refractivity contribution in [2.45, 2.75) is 16.1 Å². The van der Waals surface area contributed by atoms with Crippen molar-refractivity contribution in [1.29, 1.82) is 0 Å². The molecule has 3 fully saturated rings. The maximum atomic E-state index is 13.5. The number of alkyl halides is 2. The Kier molecular flexibility index (Phi) is 8.23. The number of halogens is 4. The van der Waals surface area contributed by atoms with Gasteiger partial charge in [0.25, 0.3) is 0 Å². The molecule has 6 unspecified atom stereocenters. The van der Waals surface area contributed by atoms with Gasteiger partial charge in [0.2, 0.25) is 11.8 Å². The molecule has 6 atom stereocenters. The minimum absolute atomic E-state index is 0.0136. The van der Waals surface area contributed by atoms with Gasteiger partial charge in [0.1, 0.15) is 5.75 Å². The fourth-order valence-electron chi connectivity index (χ4n) is 6.22. The Bertz CT molecular complexity index is 1650. The molecule has 0 spiro atoms. The molecule has 1 heterocycles. The van der Waals surface area contributed by atoms with E-state index in [4.69, 9.17) is 32.7 Å². The first-order valence-corrected chi connectivity index (χ1v) is 15.9. The van der Waals surface area contributed by atoms with Gasteiger partial charge in [-0.15, -0.1) is 0 Å². The number of ether oxygens (including phenoxy) is 2. The molecule has 2 bridgehead atoms. The monoisotopic (exact) mass is 747 g/mol. The number of benzene rings is 3. The van der Waals surface area contributed by atoms with E-state index >= 15 is 0 Å². The first kappa shape index (κ1) is 30.0. The second kappa shape index (κ2) is 11.8.